The van der Waals surface area contributed by atoms with Crippen LogP contribution in [0.1, 0.15) is 76.0 Å². The summed E-state index contributed by atoms with van der Waals surface area (Å²) in [5.74, 6) is 0.589. The Morgan fingerprint density at radius 3 is 2.87 bits per heavy atom. The van der Waals surface area contributed by atoms with Gasteiger partial charge in [-0.1, -0.05) is 45.1 Å². The van der Waals surface area contributed by atoms with Gasteiger partial charge in [0.2, 0.25) is 0 Å². The Morgan fingerprint density at radius 1 is 1.26 bits per heavy atom. The number of hydrogen-bond donors (Lipinski definition) is 1. The number of anilines is 1. The minimum atomic E-state index is -0.231. The van der Waals surface area contributed by atoms with Crippen molar-refractivity contribution in [3.8, 4) is 0 Å². The fourth-order valence-electron chi connectivity index (χ4n) is 3.12. The zero-order chi connectivity index (χ0) is 16.5. The van der Waals surface area contributed by atoms with Crippen LogP contribution in [0.15, 0.2) is 12.1 Å². The third-order valence-corrected chi connectivity index (χ3v) is 4.44. The van der Waals surface area contributed by atoms with E-state index in [1.807, 2.05) is 13.0 Å². The maximum Gasteiger partial charge on any atom is 0.315 e. The second kappa shape index (κ2) is 9.53. The predicted molar refractivity (Wildman–Crippen MR) is 93.8 cm³/mol. The molecule has 0 bridgehead atoms. The van der Waals surface area contributed by atoms with Crippen molar-refractivity contribution in [1.82, 2.24) is 4.98 Å². The van der Waals surface area contributed by atoms with E-state index in [9.17, 15) is 4.79 Å². The number of aromatic nitrogens is 1. The monoisotopic (exact) mass is 318 g/mol. The van der Waals surface area contributed by atoms with E-state index < -0.39 is 0 Å². The molecule has 2 rings (SSSR count). The van der Waals surface area contributed by atoms with Crippen LogP contribution in [0.4, 0.5) is 5.82 Å². The zero-order valence-electron chi connectivity index (χ0n) is 14.6. The largest absolute Gasteiger partial charge is 0.465 e. The summed E-state index contributed by atoms with van der Waals surface area (Å²) in [6.45, 7) is 5.46. The van der Waals surface area contributed by atoms with Gasteiger partial charge in [-0.15, -0.1) is 0 Å². The van der Waals surface area contributed by atoms with Gasteiger partial charge in [-0.3, -0.25) is 4.79 Å². The third-order valence-electron chi connectivity index (χ3n) is 4.44. The maximum absolute atomic E-state index is 12.3. The van der Waals surface area contributed by atoms with Crippen molar-refractivity contribution in [2.45, 2.75) is 71.1 Å². The van der Waals surface area contributed by atoms with Crippen LogP contribution < -0.4 is 5.32 Å². The number of nitrogens with zero attached hydrogens (tertiary/aromatic N) is 1. The molecule has 0 spiro atoms. The van der Waals surface area contributed by atoms with Crippen LogP contribution in [-0.4, -0.2) is 24.1 Å². The summed E-state index contributed by atoms with van der Waals surface area (Å²) in [6.07, 6.45) is 9.01. The molecule has 0 amide bonds. The van der Waals surface area contributed by atoms with Crippen LogP contribution in [-0.2, 0) is 16.0 Å². The number of ether oxygens (including phenoxy) is 1. The molecule has 23 heavy (non-hydrogen) atoms. The highest BCUT2D eigenvalue weighted by atomic mass is 16.5. The lowest BCUT2D eigenvalue weighted by Crippen LogP contribution is -2.20. The molecule has 0 saturated heterocycles. The molecular weight excluding hydrogens is 288 g/mol. The van der Waals surface area contributed by atoms with E-state index in [2.05, 4.69) is 18.3 Å². The number of hydrogen-bond acceptors (Lipinski definition) is 4. The van der Waals surface area contributed by atoms with Crippen molar-refractivity contribution < 1.29 is 9.53 Å². The predicted octanol–water partition coefficient (Wildman–Crippen LogP) is 4.45. The Morgan fingerprint density at radius 2 is 2.09 bits per heavy atom. The van der Waals surface area contributed by atoms with E-state index >= 15 is 0 Å². The molecule has 4 heteroatoms. The van der Waals surface area contributed by atoms with Gasteiger partial charge in [0.05, 0.1) is 18.2 Å². The van der Waals surface area contributed by atoms with Gasteiger partial charge in [0, 0.05) is 6.54 Å². The third kappa shape index (κ3) is 5.22. The van der Waals surface area contributed by atoms with E-state index in [4.69, 9.17) is 9.72 Å². The molecule has 1 N–H and O–H groups in total. The minimum Gasteiger partial charge on any atom is -0.465 e. The van der Waals surface area contributed by atoms with Crippen LogP contribution in [0, 0.1) is 0 Å². The van der Waals surface area contributed by atoms with Crippen LogP contribution in [0.5, 0.6) is 0 Å². The smallest absolute Gasteiger partial charge is 0.315 e. The molecule has 1 unspecified atom stereocenters. The van der Waals surface area contributed by atoms with E-state index in [0.29, 0.717) is 6.61 Å². The van der Waals surface area contributed by atoms with Crippen LogP contribution >= 0.6 is 0 Å². The summed E-state index contributed by atoms with van der Waals surface area (Å²) in [5, 5.41) is 3.35. The van der Waals surface area contributed by atoms with Gasteiger partial charge >= 0.3 is 5.97 Å². The van der Waals surface area contributed by atoms with Gasteiger partial charge in [0.15, 0.2) is 0 Å². The number of pyridine rings is 1. The fraction of sp³-hybridized carbons (Fsp3) is 0.684. The lowest BCUT2D eigenvalue weighted by Gasteiger charge is -2.20. The summed E-state index contributed by atoms with van der Waals surface area (Å²) in [7, 11) is 0. The first-order valence-electron chi connectivity index (χ1n) is 9.16. The van der Waals surface area contributed by atoms with Crippen LogP contribution in [0.2, 0.25) is 0 Å². The number of rotatable bonds is 9. The molecule has 0 radical (unpaired) electrons. The van der Waals surface area contributed by atoms with Gasteiger partial charge < -0.3 is 10.1 Å². The first kappa shape index (κ1) is 17.8. The van der Waals surface area contributed by atoms with Gasteiger partial charge in [0.1, 0.15) is 5.82 Å². The second-order valence-corrected chi connectivity index (χ2v) is 6.28. The molecule has 0 aliphatic carbocycles. The fourth-order valence-corrected chi connectivity index (χ4v) is 3.12. The van der Waals surface area contributed by atoms with Crippen molar-refractivity contribution in [2.24, 2.45) is 0 Å². The minimum absolute atomic E-state index is 0.133. The molecule has 1 atom stereocenters. The average molecular weight is 318 g/mol. The lowest BCUT2D eigenvalue weighted by molar-refractivity contribution is -0.145. The highest BCUT2D eigenvalue weighted by Crippen LogP contribution is 2.27. The van der Waals surface area contributed by atoms with Gasteiger partial charge in [-0.2, -0.15) is 0 Å². The van der Waals surface area contributed by atoms with Crippen molar-refractivity contribution in [3.05, 3.63) is 23.4 Å². The summed E-state index contributed by atoms with van der Waals surface area (Å²) in [5.41, 5.74) is 2.11. The van der Waals surface area contributed by atoms with E-state index in [1.54, 1.807) is 0 Å². The normalized spacial score (nSPS) is 14.7. The average Bonchev–Trinajstić information content (AvgIpc) is 2.58. The quantitative estimate of drug-likeness (QED) is 0.540. The number of nitrogens with one attached hydrogen (secondary N) is 1. The Kier molecular flexibility index (Phi) is 7.37. The number of esters is 1. The maximum atomic E-state index is 12.3. The Hall–Kier alpha value is -1.58. The number of carbonyl (C=O) groups is 1. The summed E-state index contributed by atoms with van der Waals surface area (Å²) in [6, 6.07) is 4.13. The molecule has 4 nitrogen and oxygen atoms in total. The Bertz CT molecular complexity index is 502. The highest BCUT2D eigenvalue weighted by Gasteiger charge is 2.24. The van der Waals surface area contributed by atoms with Crippen LogP contribution in [0.3, 0.4) is 0 Å². The Labute approximate surface area is 140 Å². The van der Waals surface area contributed by atoms with E-state index in [-0.39, 0.29) is 11.9 Å². The number of carbonyl (C=O) groups excluding carboxylic acids is 1. The molecule has 128 valence electrons. The van der Waals surface area contributed by atoms with Crippen molar-refractivity contribution in [2.75, 3.05) is 18.5 Å². The zero-order valence-corrected chi connectivity index (χ0v) is 14.6. The molecule has 1 aliphatic heterocycles. The first-order valence-corrected chi connectivity index (χ1v) is 9.16. The van der Waals surface area contributed by atoms with E-state index in [0.717, 1.165) is 43.7 Å². The molecule has 0 saturated carbocycles. The second-order valence-electron chi connectivity index (χ2n) is 6.28. The molecule has 2 heterocycles. The molecule has 1 aromatic rings. The first-order chi connectivity index (χ1) is 11.3. The SMILES string of the molecule is CCCCCCCC(C(=O)OCC)c1ccc2c(n1)NCCC2. The van der Waals surface area contributed by atoms with Crippen molar-refractivity contribution in [1.29, 1.82) is 0 Å². The molecule has 0 aromatic carbocycles. The van der Waals surface area contributed by atoms with Gasteiger partial charge in [0.25, 0.3) is 0 Å². The number of aryl methyl sites for hydroxylation is 1. The molecular formula is C19H30N2O2. The van der Waals surface area contributed by atoms with Crippen molar-refractivity contribution in [3.63, 3.8) is 0 Å². The van der Waals surface area contributed by atoms with Crippen molar-refractivity contribution >= 4 is 11.8 Å². The molecule has 1 aromatic heterocycles. The number of unbranched alkanes of at least 4 members (excludes halogenated alkanes) is 4. The summed E-state index contributed by atoms with van der Waals surface area (Å²) in [4.78, 5) is 17.1. The molecule has 1 aliphatic rings. The highest BCUT2D eigenvalue weighted by molar-refractivity contribution is 5.77. The van der Waals surface area contributed by atoms with E-state index in [1.165, 1.54) is 31.2 Å². The van der Waals surface area contributed by atoms with Gasteiger partial charge in [-0.25, -0.2) is 4.98 Å². The van der Waals surface area contributed by atoms with Gasteiger partial charge in [-0.05, 0) is 37.8 Å². The summed E-state index contributed by atoms with van der Waals surface area (Å²) < 4.78 is 5.28. The Balaban J connectivity index is 2.04. The number of fused-ring (bicyclic) bond motifs is 1. The standard InChI is InChI=1S/C19H30N2O2/c1-3-5-6-7-8-11-16(19(22)23-4-2)17-13-12-15-10-9-14-20-18(15)21-17/h12-13,16H,3-11,14H2,1-2H3,(H,20,21). The van der Waals surface area contributed by atoms with Crippen LogP contribution in [0.25, 0.3) is 0 Å². The topological polar surface area (TPSA) is 51.2 Å². The lowest BCUT2D eigenvalue weighted by atomic mass is 9.95. The molecule has 0 fully saturated rings. The summed E-state index contributed by atoms with van der Waals surface area (Å²) >= 11 is 0.